The van der Waals surface area contributed by atoms with Crippen molar-refractivity contribution in [3.05, 3.63) is 47.2 Å². The van der Waals surface area contributed by atoms with Crippen molar-refractivity contribution in [2.75, 3.05) is 25.4 Å². The van der Waals surface area contributed by atoms with Gasteiger partial charge in [0.25, 0.3) is 0 Å². The van der Waals surface area contributed by atoms with E-state index in [-0.39, 0.29) is 0 Å². The standard InChI is InChI=1S/C22H27N5OS/c1-15-5-7-17(8-6-15)22-12-18(22)13-27(14-22)9-4-10-29-21-24-23-20(26(21)3)19-11-16(2)25-28-19/h5-8,11,18H,4,9-10,12-14H2,1-3H3. The molecule has 2 unspecified atom stereocenters. The number of benzene rings is 1. The Balaban J connectivity index is 1.12. The van der Waals surface area contributed by atoms with E-state index in [4.69, 9.17) is 4.52 Å². The minimum absolute atomic E-state index is 0.439. The fourth-order valence-electron chi connectivity index (χ4n) is 4.67. The first kappa shape index (κ1) is 18.9. The van der Waals surface area contributed by atoms with Gasteiger partial charge in [0.15, 0.2) is 5.16 Å². The van der Waals surface area contributed by atoms with Crippen molar-refractivity contribution < 1.29 is 4.52 Å². The van der Waals surface area contributed by atoms with Crippen molar-refractivity contribution in [2.45, 2.75) is 37.3 Å². The first-order chi connectivity index (χ1) is 14.0. The van der Waals surface area contributed by atoms with Gasteiger partial charge in [0, 0.05) is 37.4 Å². The fourth-order valence-corrected chi connectivity index (χ4v) is 5.50. The lowest BCUT2D eigenvalue weighted by molar-refractivity contribution is 0.299. The van der Waals surface area contributed by atoms with Gasteiger partial charge in [0.1, 0.15) is 0 Å². The molecule has 3 heterocycles. The summed E-state index contributed by atoms with van der Waals surface area (Å²) in [6.45, 7) is 7.69. The molecule has 6 nitrogen and oxygen atoms in total. The lowest BCUT2D eigenvalue weighted by atomic mass is 9.94. The maximum Gasteiger partial charge on any atom is 0.204 e. The molecule has 0 spiro atoms. The molecule has 0 radical (unpaired) electrons. The van der Waals surface area contributed by atoms with Crippen LogP contribution in [-0.2, 0) is 12.5 Å². The molecule has 2 atom stereocenters. The Bertz CT molecular complexity index is 1010. The molecule has 29 heavy (non-hydrogen) atoms. The summed E-state index contributed by atoms with van der Waals surface area (Å²) in [5.41, 5.74) is 4.18. The number of aryl methyl sites for hydroxylation is 2. The van der Waals surface area contributed by atoms with Crippen LogP contribution < -0.4 is 0 Å². The summed E-state index contributed by atoms with van der Waals surface area (Å²) < 4.78 is 7.30. The van der Waals surface area contributed by atoms with Gasteiger partial charge in [-0.05, 0) is 44.7 Å². The highest BCUT2D eigenvalue weighted by atomic mass is 32.2. The van der Waals surface area contributed by atoms with Gasteiger partial charge in [0.05, 0.1) is 5.69 Å². The number of rotatable bonds is 7. The van der Waals surface area contributed by atoms with Crippen LogP contribution in [0.2, 0.25) is 0 Å². The van der Waals surface area contributed by atoms with E-state index in [0.29, 0.717) is 11.2 Å². The van der Waals surface area contributed by atoms with E-state index in [1.54, 1.807) is 17.3 Å². The van der Waals surface area contributed by atoms with E-state index in [0.717, 1.165) is 41.3 Å². The molecule has 5 rings (SSSR count). The van der Waals surface area contributed by atoms with Crippen LogP contribution in [0.1, 0.15) is 29.7 Å². The van der Waals surface area contributed by atoms with E-state index in [1.165, 1.54) is 25.1 Å². The molecule has 1 aromatic carbocycles. The number of thioether (sulfide) groups is 1. The molecule has 1 saturated carbocycles. The Morgan fingerprint density at radius 2 is 2.03 bits per heavy atom. The molecule has 0 N–H and O–H groups in total. The van der Waals surface area contributed by atoms with E-state index < -0.39 is 0 Å². The van der Waals surface area contributed by atoms with Crippen LogP contribution >= 0.6 is 11.8 Å². The number of aromatic nitrogens is 4. The fraction of sp³-hybridized carbons (Fsp3) is 0.500. The SMILES string of the molecule is Cc1ccc(C23CC2CN(CCCSc2nnc(-c4cc(C)no4)n2C)C3)cc1. The molecule has 2 fully saturated rings. The maximum atomic E-state index is 5.31. The van der Waals surface area contributed by atoms with Crippen molar-refractivity contribution in [1.82, 2.24) is 24.8 Å². The Morgan fingerprint density at radius 3 is 2.79 bits per heavy atom. The third-order valence-corrected chi connectivity index (χ3v) is 7.48. The number of hydrogen-bond donors (Lipinski definition) is 0. The molecule has 0 amide bonds. The Morgan fingerprint density at radius 1 is 1.21 bits per heavy atom. The van der Waals surface area contributed by atoms with E-state index >= 15 is 0 Å². The predicted octanol–water partition coefficient (Wildman–Crippen LogP) is 3.84. The highest BCUT2D eigenvalue weighted by Gasteiger charge is 2.60. The van der Waals surface area contributed by atoms with Crippen LogP contribution in [0.3, 0.4) is 0 Å². The highest BCUT2D eigenvalue weighted by Crippen LogP contribution is 2.58. The summed E-state index contributed by atoms with van der Waals surface area (Å²) in [6.07, 6.45) is 2.52. The van der Waals surface area contributed by atoms with Gasteiger partial charge < -0.3 is 14.0 Å². The highest BCUT2D eigenvalue weighted by molar-refractivity contribution is 7.99. The molecule has 0 bridgehead atoms. The smallest absolute Gasteiger partial charge is 0.204 e. The first-order valence-electron chi connectivity index (χ1n) is 10.3. The number of likely N-dealkylation sites (tertiary alicyclic amines) is 1. The molecule has 1 aliphatic carbocycles. The van der Waals surface area contributed by atoms with Crippen LogP contribution in [0.5, 0.6) is 0 Å². The number of hydrogen-bond acceptors (Lipinski definition) is 6. The predicted molar refractivity (Wildman–Crippen MR) is 114 cm³/mol. The molecule has 2 aliphatic rings. The van der Waals surface area contributed by atoms with Crippen LogP contribution in [0.4, 0.5) is 0 Å². The van der Waals surface area contributed by atoms with E-state index in [9.17, 15) is 0 Å². The van der Waals surface area contributed by atoms with Crippen molar-refractivity contribution in [2.24, 2.45) is 13.0 Å². The third-order valence-electron chi connectivity index (χ3n) is 6.38. The summed E-state index contributed by atoms with van der Waals surface area (Å²) in [5, 5.41) is 13.5. The van der Waals surface area contributed by atoms with Gasteiger partial charge in [-0.3, -0.25) is 0 Å². The second-order valence-electron chi connectivity index (χ2n) is 8.56. The van der Waals surface area contributed by atoms with Crippen molar-refractivity contribution >= 4 is 11.8 Å². The topological polar surface area (TPSA) is 60.0 Å². The summed E-state index contributed by atoms with van der Waals surface area (Å²) in [4.78, 5) is 2.65. The quantitative estimate of drug-likeness (QED) is 0.436. The molecule has 152 valence electrons. The van der Waals surface area contributed by atoms with Crippen molar-refractivity contribution in [3.63, 3.8) is 0 Å². The third kappa shape index (κ3) is 3.51. The Kier molecular flexibility index (Phi) is 4.75. The zero-order valence-corrected chi connectivity index (χ0v) is 18.1. The van der Waals surface area contributed by atoms with Crippen LogP contribution in [0.15, 0.2) is 40.0 Å². The molecule has 2 aromatic heterocycles. The minimum atomic E-state index is 0.439. The summed E-state index contributed by atoms with van der Waals surface area (Å²) in [5.74, 6) is 3.29. The van der Waals surface area contributed by atoms with Gasteiger partial charge >= 0.3 is 0 Å². The Hall–Kier alpha value is -2.12. The summed E-state index contributed by atoms with van der Waals surface area (Å²) in [7, 11) is 1.98. The van der Waals surface area contributed by atoms with Crippen molar-refractivity contribution in [1.29, 1.82) is 0 Å². The average Bonchev–Trinajstić information content (AvgIpc) is 3.03. The first-order valence-corrected chi connectivity index (χ1v) is 11.3. The summed E-state index contributed by atoms with van der Waals surface area (Å²) >= 11 is 1.76. The van der Waals surface area contributed by atoms with Gasteiger partial charge in [0.2, 0.25) is 11.6 Å². The second kappa shape index (κ2) is 7.29. The minimum Gasteiger partial charge on any atom is -0.353 e. The van der Waals surface area contributed by atoms with Gasteiger partial charge in [-0.15, -0.1) is 10.2 Å². The molecule has 7 heteroatoms. The maximum absolute atomic E-state index is 5.31. The monoisotopic (exact) mass is 409 g/mol. The largest absolute Gasteiger partial charge is 0.353 e. The van der Waals surface area contributed by atoms with Crippen LogP contribution in [0, 0.1) is 19.8 Å². The van der Waals surface area contributed by atoms with E-state index in [1.807, 2.05) is 24.6 Å². The Labute approximate surface area is 175 Å². The average molecular weight is 410 g/mol. The number of fused-ring (bicyclic) bond motifs is 1. The molecule has 1 aliphatic heterocycles. The number of piperidine rings is 1. The molecular weight excluding hydrogens is 382 g/mol. The zero-order chi connectivity index (χ0) is 20.0. The molecular formula is C22H27N5OS. The molecule has 1 saturated heterocycles. The second-order valence-corrected chi connectivity index (χ2v) is 9.62. The number of nitrogens with zero attached hydrogens (tertiary/aromatic N) is 5. The van der Waals surface area contributed by atoms with Crippen LogP contribution in [-0.4, -0.2) is 50.2 Å². The van der Waals surface area contributed by atoms with Gasteiger partial charge in [-0.25, -0.2) is 0 Å². The zero-order valence-electron chi connectivity index (χ0n) is 17.3. The lowest BCUT2D eigenvalue weighted by Gasteiger charge is -2.21. The van der Waals surface area contributed by atoms with Gasteiger partial charge in [-0.1, -0.05) is 46.7 Å². The van der Waals surface area contributed by atoms with Crippen LogP contribution in [0.25, 0.3) is 11.6 Å². The molecule has 3 aromatic rings. The normalized spacial score (nSPS) is 23.5. The lowest BCUT2D eigenvalue weighted by Crippen LogP contribution is -2.27. The van der Waals surface area contributed by atoms with Crippen molar-refractivity contribution in [3.8, 4) is 11.6 Å². The van der Waals surface area contributed by atoms with Gasteiger partial charge in [-0.2, -0.15) is 0 Å². The van der Waals surface area contributed by atoms with E-state index in [2.05, 4.69) is 51.4 Å². The summed E-state index contributed by atoms with van der Waals surface area (Å²) in [6, 6.07) is 11.1.